The number of benzene rings is 3. The van der Waals surface area contributed by atoms with Crippen LogP contribution < -0.4 is 9.47 Å². The average molecular weight is 629 g/mol. The molecule has 13 heteroatoms. The average Bonchev–Trinajstić information content (AvgIpc) is 3.28. The molecule has 0 saturated carbocycles. The lowest BCUT2D eigenvalue weighted by atomic mass is 10.1. The van der Waals surface area contributed by atoms with Crippen LogP contribution in [0.25, 0.3) is 5.69 Å². The fourth-order valence-corrected chi connectivity index (χ4v) is 5.76. The van der Waals surface area contributed by atoms with E-state index in [9.17, 15) is 20.2 Å². The molecule has 1 aromatic heterocycles. The number of hydrogen-bond donors (Lipinski definition) is 0. The van der Waals surface area contributed by atoms with Crippen LogP contribution in [0, 0.1) is 41.0 Å². The van der Waals surface area contributed by atoms with Crippen molar-refractivity contribution in [2.75, 3.05) is 13.7 Å². The Bertz CT molecular complexity index is 1580. The van der Waals surface area contributed by atoms with Gasteiger partial charge in [0.05, 0.1) is 16.5 Å². The van der Waals surface area contributed by atoms with Crippen molar-refractivity contribution in [3.63, 3.8) is 0 Å². The van der Waals surface area contributed by atoms with Crippen LogP contribution in [-0.4, -0.2) is 38.3 Å². The fourth-order valence-electron chi connectivity index (χ4n) is 4.04. The summed E-state index contributed by atoms with van der Waals surface area (Å²) >= 11 is 4.75. The second kappa shape index (κ2) is 12.5. The van der Waals surface area contributed by atoms with Crippen LogP contribution in [0.15, 0.2) is 64.2 Å². The summed E-state index contributed by atoms with van der Waals surface area (Å²) in [7, 11) is 1.47. The lowest BCUT2D eigenvalue weighted by Gasteiger charge is -2.18. The molecule has 0 aliphatic carbocycles. The van der Waals surface area contributed by atoms with E-state index in [1.165, 1.54) is 31.0 Å². The molecule has 0 spiro atoms. The van der Waals surface area contributed by atoms with E-state index in [1.54, 1.807) is 24.3 Å². The van der Waals surface area contributed by atoms with Crippen LogP contribution in [0.3, 0.4) is 0 Å². The first-order valence-corrected chi connectivity index (χ1v) is 13.8. The van der Waals surface area contributed by atoms with E-state index in [4.69, 9.17) is 9.47 Å². The van der Waals surface area contributed by atoms with Gasteiger partial charge in [0.1, 0.15) is 17.7 Å². The number of hydrogen-bond acceptors (Lipinski definition) is 9. The van der Waals surface area contributed by atoms with Crippen LogP contribution in [0.2, 0.25) is 0 Å². The van der Waals surface area contributed by atoms with E-state index >= 15 is 0 Å². The highest BCUT2D eigenvalue weighted by Gasteiger charge is 2.26. The quantitative estimate of drug-likeness (QED) is 0.103. The first-order chi connectivity index (χ1) is 19.1. The molecule has 0 fully saturated rings. The molecule has 0 unspecified atom stereocenters. The van der Waals surface area contributed by atoms with E-state index in [2.05, 4.69) is 26.1 Å². The van der Waals surface area contributed by atoms with Gasteiger partial charge in [-0.3, -0.25) is 24.8 Å². The van der Waals surface area contributed by atoms with Gasteiger partial charge in [-0.05, 0) is 83.2 Å². The summed E-state index contributed by atoms with van der Waals surface area (Å²) in [5.74, 6) is 1.39. The molecule has 3 aromatic carbocycles. The van der Waals surface area contributed by atoms with Gasteiger partial charge in [0.15, 0.2) is 16.7 Å². The normalized spacial score (nSPS) is 11.7. The number of nitrogens with zero attached hydrogens (tertiary/aromatic N) is 5. The van der Waals surface area contributed by atoms with Crippen LogP contribution in [0.5, 0.6) is 11.5 Å². The van der Waals surface area contributed by atoms with Gasteiger partial charge in [-0.25, -0.2) is 0 Å². The number of methoxy groups -OCH3 is 1. The molecule has 208 valence electrons. The Morgan fingerprint density at radius 3 is 2.48 bits per heavy atom. The first kappa shape index (κ1) is 29.0. The van der Waals surface area contributed by atoms with Gasteiger partial charge in [0.2, 0.25) is 6.54 Å². The predicted molar refractivity (Wildman–Crippen MR) is 154 cm³/mol. The second-order valence-electron chi connectivity index (χ2n) is 9.01. The van der Waals surface area contributed by atoms with Gasteiger partial charge < -0.3 is 9.47 Å². The highest BCUT2D eigenvalue weighted by Crippen LogP contribution is 2.43. The van der Waals surface area contributed by atoms with Crippen LogP contribution in [0.1, 0.15) is 33.3 Å². The third-order valence-electron chi connectivity index (χ3n) is 6.23. The third kappa shape index (κ3) is 6.59. The van der Waals surface area contributed by atoms with Gasteiger partial charge in [0.25, 0.3) is 5.69 Å². The summed E-state index contributed by atoms with van der Waals surface area (Å²) in [4.78, 5) is 22.0. The van der Waals surface area contributed by atoms with Gasteiger partial charge in [-0.15, -0.1) is 10.2 Å². The van der Waals surface area contributed by atoms with E-state index < -0.39 is 10.2 Å². The van der Waals surface area contributed by atoms with Crippen molar-refractivity contribution in [1.29, 1.82) is 0 Å². The summed E-state index contributed by atoms with van der Waals surface area (Å²) in [5, 5.41) is 31.2. The molecule has 1 atom stereocenters. The number of non-ortho nitro benzene ring substituents is 1. The fraction of sp³-hybridized carbons (Fsp3) is 0.259. The molecule has 0 aliphatic rings. The molecular formula is C27H26BrN5O6S. The zero-order valence-electron chi connectivity index (χ0n) is 22.2. The maximum Gasteiger partial charge on any atom is 0.269 e. The van der Waals surface area contributed by atoms with Crippen molar-refractivity contribution in [1.82, 2.24) is 14.8 Å². The summed E-state index contributed by atoms with van der Waals surface area (Å²) in [6.45, 7) is 5.58. The number of aromatic nitrogens is 3. The number of thioether (sulfide) groups is 1. The Kier molecular flexibility index (Phi) is 9.05. The molecule has 0 radical (unpaired) electrons. The molecule has 1 heterocycles. The van der Waals surface area contributed by atoms with Crippen molar-refractivity contribution in [2.45, 2.75) is 37.8 Å². The number of nitro benzene ring substituents is 1. The lowest BCUT2D eigenvalue weighted by molar-refractivity contribution is -0.479. The Morgan fingerprint density at radius 1 is 1.02 bits per heavy atom. The van der Waals surface area contributed by atoms with E-state index in [0.29, 0.717) is 38.1 Å². The van der Waals surface area contributed by atoms with Gasteiger partial charge >= 0.3 is 0 Å². The number of nitro groups is 2. The topological polar surface area (TPSA) is 135 Å². The SMILES string of the molecule is COc1cc([C@@H](C[N+](=O)[O-])Sc2nnc(C)n2-c2ccc(C)c(C)c2)cc(Br)c1OCc1cccc([N+](=O)[O-])c1. The molecule has 40 heavy (non-hydrogen) atoms. The van der Waals surface area contributed by atoms with Gasteiger partial charge in [0, 0.05) is 22.7 Å². The van der Waals surface area contributed by atoms with Crippen molar-refractivity contribution in [3.8, 4) is 17.2 Å². The molecule has 0 saturated heterocycles. The molecule has 4 aromatic rings. The van der Waals surface area contributed by atoms with Crippen LogP contribution in [-0.2, 0) is 6.61 Å². The minimum atomic E-state index is -0.625. The Labute approximate surface area is 243 Å². The molecular weight excluding hydrogens is 602 g/mol. The Balaban J connectivity index is 1.65. The molecule has 0 N–H and O–H groups in total. The maximum absolute atomic E-state index is 11.7. The van der Waals surface area contributed by atoms with Crippen molar-refractivity contribution < 1.29 is 19.3 Å². The molecule has 0 amide bonds. The highest BCUT2D eigenvalue weighted by molar-refractivity contribution is 9.10. The minimum Gasteiger partial charge on any atom is -0.493 e. The minimum absolute atomic E-state index is 0.0361. The van der Waals surface area contributed by atoms with E-state index in [1.807, 2.05) is 43.5 Å². The third-order valence-corrected chi connectivity index (χ3v) is 8.00. The summed E-state index contributed by atoms with van der Waals surface area (Å²) in [6, 6.07) is 15.6. The lowest BCUT2D eigenvalue weighted by Crippen LogP contribution is -2.12. The standard InChI is InChI=1S/C27H26BrN5O6S/c1-16-8-9-21(10-17(16)2)32-18(3)29-30-27(32)40-25(14-31(34)35)20-12-23(28)26(24(13-20)38-4)39-15-19-6-5-7-22(11-19)33(36)37/h5-13,25H,14-15H2,1-4H3/t25-/m1/s1. The first-order valence-electron chi connectivity index (χ1n) is 12.1. The van der Waals surface area contributed by atoms with Crippen LogP contribution >= 0.6 is 27.7 Å². The number of ether oxygens (including phenoxy) is 2. The zero-order valence-corrected chi connectivity index (χ0v) is 24.6. The summed E-state index contributed by atoms with van der Waals surface area (Å²) in [6.07, 6.45) is 0. The highest BCUT2D eigenvalue weighted by atomic mass is 79.9. The van der Waals surface area contributed by atoms with Crippen LogP contribution in [0.4, 0.5) is 5.69 Å². The number of aryl methyl sites for hydroxylation is 3. The van der Waals surface area contributed by atoms with Gasteiger partial charge in [-0.2, -0.15) is 0 Å². The summed E-state index contributed by atoms with van der Waals surface area (Å²) in [5.41, 5.74) is 4.33. The number of rotatable bonds is 11. The van der Waals surface area contributed by atoms with Gasteiger partial charge in [-0.1, -0.05) is 30.0 Å². The largest absolute Gasteiger partial charge is 0.493 e. The maximum atomic E-state index is 11.7. The monoisotopic (exact) mass is 627 g/mol. The molecule has 4 rings (SSSR count). The molecule has 11 nitrogen and oxygen atoms in total. The van der Waals surface area contributed by atoms with Crippen molar-refractivity contribution in [2.24, 2.45) is 0 Å². The van der Waals surface area contributed by atoms with E-state index in [0.717, 1.165) is 16.8 Å². The zero-order chi connectivity index (χ0) is 29.0. The Morgan fingerprint density at radius 2 is 1.80 bits per heavy atom. The smallest absolute Gasteiger partial charge is 0.269 e. The van der Waals surface area contributed by atoms with E-state index in [-0.39, 0.29) is 23.8 Å². The number of halogens is 1. The molecule has 0 bridgehead atoms. The van der Waals surface area contributed by atoms with Crippen molar-refractivity contribution in [3.05, 3.63) is 107 Å². The molecule has 0 aliphatic heterocycles. The Hall–Kier alpha value is -3.97. The summed E-state index contributed by atoms with van der Waals surface area (Å²) < 4.78 is 13.9. The second-order valence-corrected chi connectivity index (χ2v) is 11.0. The predicted octanol–water partition coefficient (Wildman–Crippen LogP) is 6.56. The van der Waals surface area contributed by atoms with Crippen molar-refractivity contribution >= 4 is 33.4 Å².